The molecule has 3 nitrogen and oxygen atoms in total. The van der Waals surface area contributed by atoms with Gasteiger partial charge in [0.15, 0.2) is 0 Å². The summed E-state index contributed by atoms with van der Waals surface area (Å²) in [6.07, 6.45) is 4.74. The first-order chi connectivity index (χ1) is 23.8. The summed E-state index contributed by atoms with van der Waals surface area (Å²) >= 11 is 0. The third-order valence-electron chi connectivity index (χ3n) is 9.08. The fourth-order valence-corrected chi connectivity index (χ4v) is 8.12. The monoisotopic (exact) mass is 869 g/mol. The molecule has 1 unspecified atom stereocenters. The zero-order valence-electron chi connectivity index (χ0n) is 30.7. The Kier molecular flexibility index (Phi) is 11.6. The van der Waals surface area contributed by atoms with Crippen molar-refractivity contribution >= 4 is 35.2 Å². The predicted molar refractivity (Wildman–Crippen MR) is 209 cm³/mol. The number of pyridine rings is 2. The number of fused-ring (bicyclic) bond motifs is 3. The maximum Gasteiger partial charge on any atom is 0.124 e. The predicted octanol–water partition coefficient (Wildman–Crippen LogP) is 11.7. The van der Waals surface area contributed by atoms with Gasteiger partial charge < -0.3 is 14.4 Å². The van der Waals surface area contributed by atoms with E-state index in [1.807, 2.05) is 36.5 Å². The van der Waals surface area contributed by atoms with Gasteiger partial charge in [-0.1, -0.05) is 149 Å². The number of rotatable bonds is 6. The van der Waals surface area contributed by atoms with E-state index >= 15 is 0 Å². The van der Waals surface area contributed by atoms with Crippen LogP contribution in [0.5, 0.6) is 0 Å². The number of furan rings is 1. The minimum absolute atomic E-state index is 0. The van der Waals surface area contributed by atoms with Gasteiger partial charge in [-0.25, -0.2) is 0 Å². The molecular weight excluding hydrogens is 824 g/mol. The van der Waals surface area contributed by atoms with E-state index in [9.17, 15) is 4.39 Å². The van der Waals surface area contributed by atoms with Crippen LogP contribution in [0.4, 0.5) is 4.39 Å². The molecule has 0 saturated carbocycles. The molecule has 1 atom stereocenters. The Balaban J connectivity index is 0.000000197. The third kappa shape index (κ3) is 8.47. The van der Waals surface area contributed by atoms with E-state index in [0.29, 0.717) is 16.8 Å². The summed E-state index contributed by atoms with van der Waals surface area (Å²) in [6.45, 7) is 17.7. The fourth-order valence-electron chi connectivity index (χ4n) is 6.55. The van der Waals surface area contributed by atoms with E-state index in [4.69, 9.17) is 4.42 Å². The number of nitrogens with zero attached hydrogens (tertiary/aromatic N) is 2. The van der Waals surface area contributed by atoms with E-state index in [1.54, 1.807) is 25.3 Å². The van der Waals surface area contributed by atoms with Crippen LogP contribution in [0.25, 0.3) is 44.5 Å². The van der Waals surface area contributed by atoms with Crippen LogP contribution >= 0.6 is 0 Å². The number of benzene rings is 4. The van der Waals surface area contributed by atoms with Crippen molar-refractivity contribution < 1.29 is 28.9 Å². The van der Waals surface area contributed by atoms with Crippen molar-refractivity contribution in [1.29, 1.82) is 0 Å². The topological polar surface area (TPSA) is 38.9 Å². The Hall–Kier alpha value is -4.22. The zero-order valence-corrected chi connectivity index (χ0v) is 34.1. The fraction of sp³-hybridized carbons (Fsp3) is 0.244. The maximum atomic E-state index is 14.4. The second kappa shape index (κ2) is 15.6. The number of aryl methyl sites for hydroxylation is 1. The molecule has 7 rings (SSSR count). The minimum Gasteiger partial charge on any atom is -0.500 e. The van der Waals surface area contributed by atoms with Gasteiger partial charge in [0, 0.05) is 55.2 Å². The van der Waals surface area contributed by atoms with Gasteiger partial charge >= 0.3 is 0 Å². The van der Waals surface area contributed by atoms with Crippen molar-refractivity contribution in [1.82, 2.24) is 9.97 Å². The van der Waals surface area contributed by atoms with Gasteiger partial charge in [-0.3, -0.25) is 4.39 Å². The molecule has 263 valence electrons. The van der Waals surface area contributed by atoms with Gasteiger partial charge in [0.25, 0.3) is 0 Å². The molecule has 0 bridgehead atoms. The average molecular weight is 869 g/mol. The molecule has 4 aromatic carbocycles. The van der Waals surface area contributed by atoms with Crippen LogP contribution in [0.1, 0.15) is 55.9 Å². The van der Waals surface area contributed by atoms with Gasteiger partial charge in [-0.2, -0.15) is 0 Å². The standard InChI is InChI=1S/C25H18NO.C20H27FNSi.Ir/c1-17(18-9-3-2-4-10-18)19-11-7-12-20-21-13-8-14-22(25(21)27-24(19)20)23-15-5-6-16-26-23;1-14-9-8-10-16(19(14)21)17-11-15(12-20(2,3)4)18(13-22-17)23(5,6)7;/h2-13,15-17H,1H3;8-9,11,13H,12H2,1-7H3;/q2*-1;. The first kappa shape index (κ1) is 38.0. The first-order valence-electron chi connectivity index (χ1n) is 17.3. The summed E-state index contributed by atoms with van der Waals surface area (Å²) in [6, 6.07) is 38.8. The summed E-state index contributed by atoms with van der Waals surface area (Å²) in [5, 5.41) is 3.60. The second-order valence-electron chi connectivity index (χ2n) is 15.3. The van der Waals surface area contributed by atoms with Gasteiger partial charge in [-0.15, -0.1) is 36.4 Å². The van der Waals surface area contributed by atoms with Crippen LogP contribution in [0, 0.1) is 30.3 Å². The number of para-hydroxylation sites is 1. The molecule has 6 heteroatoms. The second-order valence-corrected chi connectivity index (χ2v) is 20.4. The molecule has 0 N–H and O–H groups in total. The largest absolute Gasteiger partial charge is 0.500 e. The van der Waals surface area contributed by atoms with E-state index < -0.39 is 8.07 Å². The van der Waals surface area contributed by atoms with Crippen LogP contribution in [0.3, 0.4) is 0 Å². The van der Waals surface area contributed by atoms with Crippen molar-refractivity contribution in [2.75, 3.05) is 0 Å². The van der Waals surface area contributed by atoms with Crippen molar-refractivity contribution in [2.24, 2.45) is 5.41 Å². The van der Waals surface area contributed by atoms with Crippen LogP contribution in [-0.4, -0.2) is 18.0 Å². The third-order valence-corrected chi connectivity index (χ3v) is 11.1. The van der Waals surface area contributed by atoms with Crippen LogP contribution in [-0.2, 0) is 26.5 Å². The van der Waals surface area contributed by atoms with E-state index in [-0.39, 0.29) is 37.3 Å². The van der Waals surface area contributed by atoms with Gasteiger partial charge in [0.05, 0.1) is 13.7 Å². The van der Waals surface area contributed by atoms with E-state index in [2.05, 4.69) is 124 Å². The van der Waals surface area contributed by atoms with Crippen LogP contribution < -0.4 is 5.19 Å². The molecule has 0 spiro atoms. The van der Waals surface area contributed by atoms with Crippen LogP contribution in [0.15, 0.2) is 114 Å². The zero-order chi connectivity index (χ0) is 35.6. The molecule has 0 aliphatic rings. The van der Waals surface area contributed by atoms with Gasteiger partial charge in [-0.05, 0) is 40.0 Å². The number of hydrogen-bond acceptors (Lipinski definition) is 3. The molecule has 0 amide bonds. The molecule has 0 aliphatic heterocycles. The number of hydrogen-bond donors (Lipinski definition) is 0. The first-order valence-corrected chi connectivity index (χ1v) is 20.8. The molecule has 0 fully saturated rings. The van der Waals surface area contributed by atoms with Gasteiger partial charge in [0.2, 0.25) is 0 Å². The van der Waals surface area contributed by atoms with E-state index in [0.717, 1.165) is 39.6 Å². The number of halogens is 1. The Morgan fingerprint density at radius 2 is 1.47 bits per heavy atom. The Bertz CT molecular complexity index is 2250. The molecule has 0 saturated heterocycles. The summed E-state index contributed by atoms with van der Waals surface area (Å²) in [4.78, 5) is 9.05. The Labute approximate surface area is 316 Å². The molecule has 3 aromatic heterocycles. The summed E-state index contributed by atoms with van der Waals surface area (Å²) in [5.41, 5.74) is 9.32. The Morgan fingerprint density at radius 1 is 0.784 bits per heavy atom. The van der Waals surface area contributed by atoms with Crippen molar-refractivity contribution in [3.8, 4) is 22.5 Å². The van der Waals surface area contributed by atoms with E-state index in [1.165, 1.54) is 21.9 Å². The average Bonchev–Trinajstić information content (AvgIpc) is 3.48. The van der Waals surface area contributed by atoms with Crippen molar-refractivity contribution in [3.05, 3.63) is 150 Å². The minimum atomic E-state index is -1.49. The smallest absolute Gasteiger partial charge is 0.124 e. The summed E-state index contributed by atoms with van der Waals surface area (Å²) < 4.78 is 20.9. The molecule has 0 aliphatic carbocycles. The molecule has 51 heavy (non-hydrogen) atoms. The van der Waals surface area contributed by atoms with Crippen molar-refractivity contribution in [3.63, 3.8) is 0 Å². The molecule has 3 heterocycles. The molecule has 7 aromatic rings. The van der Waals surface area contributed by atoms with Crippen molar-refractivity contribution in [2.45, 2.75) is 66.6 Å². The number of aromatic nitrogens is 2. The molecular formula is C45H45FIrN2OSi-2. The maximum absolute atomic E-state index is 14.4. The molecule has 1 radical (unpaired) electrons. The normalized spacial score (nSPS) is 12.3. The summed E-state index contributed by atoms with van der Waals surface area (Å²) in [5.74, 6) is 0.0280. The van der Waals surface area contributed by atoms with Gasteiger partial charge in [0.1, 0.15) is 5.58 Å². The van der Waals surface area contributed by atoms with Crippen LogP contribution in [0.2, 0.25) is 19.6 Å². The quantitative estimate of drug-likeness (QED) is 0.123. The summed E-state index contributed by atoms with van der Waals surface area (Å²) in [7, 11) is -1.49. The Morgan fingerprint density at radius 3 is 2.16 bits per heavy atom. The SMILES string of the molecule is CC(c1ccccc1)c1cccc2c1oc1c(-c3ccccn3)[c-]ccc12.Cc1cc[c-]c(-c2cc(CC(C)(C)C)c([Si](C)(C)C)cn2)c1F.[Ir].